The Labute approximate surface area is 308 Å². The van der Waals surface area contributed by atoms with Gasteiger partial charge in [-0.25, -0.2) is 9.78 Å². The van der Waals surface area contributed by atoms with Gasteiger partial charge in [0.1, 0.15) is 22.1 Å². The third-order valence-electron chi connectivity index (χ3n) is 7.30. The molecule has 49 heavy (non-hydrogen) atoms. The van der Waals surface area contributed by atoms with Crippen LogP contribution in [0.3, 0.4) is 0 Å². The van der Waals surface area contributed by atoms with E-state index in [1.807, 2.05) is 60.7 Å². The quantitative estimate of drug-likeness (QED) is 0.0499. The molecule has 1 fully saturated rings. The Morgan fingerprint density at radius 2 is 1.69 bits per heavy atom. The molecular formula is C33H27Cl2N5O5S4. The molecule has 2 aliphatic heterocycles. The molecule has 2 amide bonds. The zero-order valence-electron chi connectivity index (χ0n) is 25.3. The molecule has 0 aliphatic carbocycles. The van der Waals surface area contributed by atoms with E-state index in [1.54, 1.807) is 18.2 Å². The first-order chi connectivity index (χ1) is 23.7. The van der Waals surface area contributed by atoms with E-state index >= 15 is 0 Å². The van der Waals surface area contributed by atoms with E-state index in [4.69, 9.17) is 33.7 Å². The first kappa shape index (κ1) is 35.3. The van der Waals surface area contributed by atoms with E-state index in [0.29, 0.717) is 35.7 Å². The minimum atomic E-state index is -0.834. The molecule has 252 valence electrons. The second kappa shape index (κ2) is 16.0. The van der Waals surface area contributed by atoms with Gasteiger partial charge in [-0.3, -0.25) is 24.3 Å². The van der Waals surface area contributed by atoms with Crippen molar-refractivity contribution in [1.82, 2.24) is 20.2 Å². The molecule has 3 heterocycles. The molecular weight excluding hydrogens is 746 g/mol. The third-order valence-corrected chi connectivity index (χ3v) is 12.6. The highest BCUT2D eigenvalue weighted by Crippen LogP contribution is 2.45. The molecule has 0 saturated carbocycles. The molecule has 2 aliphatic rings. The number of H-pyrrole nitrogens is 1. The summed E-state index contributed by atoms with van der Waals surface area (Å²) in [6.45, 7) is 0. The van der Waals surface area contributed by atoms with E-state index in [0.717, 1.165) is 11.1 Å². The van der Waals surface area contributed by atoms with Gasteiger partial charge in [-0.2, -0.15) is 0 Å². The molecule has 4 N–H and O–H groups in total. The number of ether oxygens (including phenoxy) is 1. The molecule has 6 rings (SSSR count). The summed E-state index contributed by atoms with van der Waals surface area (Å²) in [6.07, 6.45) is -0.735. The van der Waals surface area contributed by atoms with Gasteiger partial charge < -0.3 is 15.8 Å². The van der Waals surface area contributed by atoms with E-state index < -0.39 is 29.4 Å². The van der Waals surface area contributed by atoms with Gasteiger partial charge in [-0.05, 0) is 29.3 Å². The van der Waals surface area contributed by atoms with Gasteiger partial charge in [0.05, 0.1) is 10.8 Å². The van der Waals surface area contributed by atoms with Crippen LogP contribution < -0.4 is 16.6 Å². The highest BCUT2D eigenvalue weighted by molar-refractivity contribution is 8.18. The summed E-state index contributed by atoms with van der Waals surface area (Å²) in [6, 6.07) is 24.2. The molecule has 2 atom stereocenters. The van der Waals surface area contributed by atoms with Crippen molar-refractivity contribution >= 4 is 94.0 Å². The fourth-order valence-corrected chi connectivity index (χ4v) is 10.1. The van der Waals surface area contributed by atoms with Crippen LogP contribution in [-0.4, -0.2) is 60.7 Å². The first-order valence-corrected chi connectivity index (χ1v) is 19.4. The number of nitrogens with zero attached hydrogens (tertiary/aromatic N) is 2. The predicted molar refractivity (Wildman–Crippen MR) is 198 cm³/mol. The number of carbonyl (C=O) groups excluding carboxylic acids is 3. The smallest absolute Gasteiger partial charge is 0.356 e. The van der Waals surface area contributed by atoms with Crippen LogP contribution in [0.4, 0.5) is 5.95 Å². The number of hydrogen-bond donors (Lipinski definition) is 3. The lowest BCUT2D eigenvalue weighted by Crippen LogP contribution is -2.70. The summed E-state index contributed by atoms with van der Waals surface area (Å²) in [5, 5.41) is 4.07. The number of thioether (sulfide) groups is 4. The van der Waals surface area contributed by atoms with Gasteiger partial charge in [0, 0.05) is 31.7 Å². The highest BCUT2D eigenvalue weighted by Gasteiger charge is 2.54. The lowest BCUT2D eigenvalue weighted by atomic mass is 10.0. The number of rotatable bonds is 12. The van der Waals surface area contributed by atoms with E-state index in [2.05, 4.69) is 15.3 Å². The Bertz CT molecular complexity index is 1930. The maximum Gasteiger partial charge on any atom is 0.356 e. The number of hydrogen-bond acceptors (Lipinski definition) is 11. The van der Waals surface area contributed by atoms with Crippen LogP contribution in [0.15, 0.2) is 110 Å². The van der Waals surface area contributed by atoms with Crippen molar-refractivity contribution in [2.75, 3.05) is 22.3 Å². The first-order valence-electron chi connectivity index (χ1n) is 14.7. The Morgan fingerprint density at radius 3 is 2.37 bits per heavy atom. The Kier molecular flexibility index (Phi) is 11.5. The number of nitrogen functional groups attached to an aromatic ring is 1. The van der Waals surface area contributed by atoms with Gasteiger partial charge in [-0.1, -0.05) is 95.6 Å². The van der Waals surface area contributed by atoms with Crippen molar-refractivity contribution in [2.45, 2.75) is 27.4 Å². The maximum absolute atomic E-state index is 14.2. The minimum Gasteiger partial charge on any atom is -0.448 e. The van der Waals surface area contributed by atoms with Gasteiger partial charge in [0.2, 0.25) is 11.9 Å². The van der Waals surface area contributed by atoms with Gasteiger partial charge in [-0.15, -0.1) is 35.3 Å². The second-order valence-corrected chi connectivity index (χ2v) is 16.0. The number of esters is 1. The topological polar surface area (TPSA) is 147 Å². The summed E-state index contributed by atoms with van der Waals surface area (Å²) in [7, 11) is 0. The Hall–Kier alpha value is -3.53. The number of amides is 2. The number of aromatic nitrogens is 2. The number of nitrogens with one attached hydrogen (secondary N) is 2. The van der Waals surface area contributed by atoms with Crippen LogP contribution in [0, 0.1) is 0 Å². The normalized spacial score (nSPS) is 17.0. The summed E-state index contributed by atoms with van der Waals surface area (Å²) < 4.78 is 6.21. The second-order valence-electron chi connectivity index (χ2n) is 10.6. The maximum atomic E-state index is 14.2. The Balaban J connectivity index is 1.22. The minimum absolute atomic E-state index is 0.000686. The molecule has 3 aromatic carbocycles. The van der Waals surface area contributed by atoms with Crippen LogP contribution in [-0.2, 0) is 19.1 Å². The van der Waals surface area contributed by atoms with Crippen LogP contribution in [0.2, 0.25) is 10.0 Å². The summed E-state index contributed by atoms with van der Waals surface area (Å²) in [5.74, 6) is -1.05. The molecule has 4 aromatic rings. The van der Waals surface area contributed by atoms with E-state index in [9.17, 15) is 19.2 Å². The molecule has 1 saturated heterocycles. The largest absolute Gasteiger partial charge is 0.448 e. The van der Waals surface area contributed by atoms with Crippen LogP contribution in [0.25, 0.3) is 0 Å². The molecule has 10 nitrogen and oxygen atoms in total. The summed E-state index contributed by atoms with van der Waals surface area (Å²) >= 11 is 17.6. The number of nitrogens with two attached hydrogens (primary N) is 1. The number of aromatic amines is 1. The lowest BCUT2D eigenvalue weighted by Gasteiger charge is -2.49. The fraction of sp³-hybridized carbons (Fsp3) is 0.182. The monoisotopic (exact) mass is 771 g/mol. The highest BCUT2D eigenvalue weighted by atomic mass is 35.5. The SMILES string of the molecule is Nc1nc(SCSC2=C(C(=O)OC(c3ccccc3)c3ccccc3)N3C(=O)[C@@H](NC(=O)CSc4cc(Cl)ccc4Cl)[C@H]3SC2)cc(=O)[nH]1. The van der Waals surface area contributed by atoms with Crippen molar-refractivity contribution < 1.29 is 19.1 Å². The van der Waals surface area contributed by atoms with Gasteiger partial charge >= 0.3 is 5.97 Å². The zero-order valence-corrected chi connectivity index (χ0v) is 30.1. The van der Waals surface area contributed by atoms with E-state index in [1.165, 1.54) is 58.0 Å². The number of anilines is 1. The van der Waals surface area contributed by atoms with E-state index in [-0.39, 0.29) is 28.9 Å². The van der Waals surface area contributed by atoms with Crippen molar-refractivity contribution in [3.8, 4) is 0 Å². The number of carbonyl (C=O) groups is 3. The van der Waals surface area contributed by atoms with Crippen molar-refractivity contribution in [3.63, 3.8) is 0 Å². The van der Waals surface area contributed by atoms with Crippen molar-refractivity contribution in [2.24, 2.45) is 0 Å². The van der Waals surface area contributed by atoms with Crippen molar-refractivity contribution in [3.05, 3.63) is 127 Å². The molecule has 16 heteroatoms. The van der Waals surface area contributed by atoms with Crippen LogP contribution in [0.1, 0.15) is 17.2 Å². The standard InChI is InChI=1S/C33H27Cl2N5O5S4/c34-20-11-12-21(35)22(13-20)46-16-25(42)37-27-30(43)40-28(23(15-47-31(27)40)48-17-49-26-14-24(41)38-33(36)39-26)32(44)45-29(18-7-3-1-4-8-18)19-9-5-2-6-10-19/h1-14,27,29,31H,15-17H2,(H,37,42)(H3,36,38,39,41)/t27-,31-/m1/s1. The molecule has 1 aromatic heterocycles. The van der Waals surface area contributed by atoms with Crippen LogP contribution >= 0.6 is 70.2 Å². The molecule has 0 unspecified atom stereocenters. The predicted octanol–water partition coefficient (Wildman–Crippen LogP) is 6.18. The van der Waals surface area contributed by atoms with Gasteiger partial charge in [0.25, 0.3) is 11.5 Å². The number of benzene rings is 3. The molecule has 0 spiro atoms. The average Bonchev–Trinajstić information content (AvgIpc) is 3.10. The average molecular weight is 773 g/mol. The Morgan fingerprint density at radius 1 is 1.00 bits per heavy atom. The fourth-order valence-electron chi connectivity index (χ4n) is 5.07. The van der Waals surface area contributed by atoms with Crippen LogP contribution in [0.5, 0.6) is 0 Å². The molecule has 0 bridgehead atoms. The number of β-lactam (4-membered cyclic amide) rings is 1. The summed E-state index contributed by atoms with van der Waals surface area (Å²) in [4.78, 5) is 61.9. The third kappa shape index (κ3) is 8.44. The zero-order chi connectivity index (χ0) is 34.5. The van der Waals surface area contributed by atoms with Gasteiger partial charge in [0.15, 0.2) is 6.10 Å². The lowest BCUT2D eigenvalue weighted by molar-refractivity contribution is -0.154. The number of fused-ring (bicyclic) bond motifs is 1. The van der Waals surface area contributed by atoms with Crippen molar-refractivity contribution in [1.29, 1.82) is 0 Å². The summed E-state index contributed by atoms with van der Waals surface area (Å²) in [5.41, 5.74) is 6.98. The number of halogens is 2. The molecule has 0 radical (unpaired) electrons.